The van der Waals surface area contributed by atoms with E-state index in [4.69, 9.17) is 4.42 Å². The summed E-state index contributed by atoms with van der Waals surface area (Å²) in [5.41, 5.74) is 2.84. The number of thiazole rings is 1. The van der Waals surface area contributed by atoms with Crippen LogP contribution in [0, 0.1) is 0 Å². The number of aryl methyl sites for hydroxylation is 1. The van der Waals surface area contributed by atoms with Gasteiger partial charge in [0.25, 0.3) is 0 Å². The first-order valence-corrected chi connectivity index (χ1v) is 9.34. The fraction of sp³-hybridized carbons (Fsp3) is 0.143. The number of hydrogen-bond acceptors (Lipinski definition) is 5. The Morgan fingerprint density at radius 2 is 1.96 bits per heavy atom. The van der Waals surface area contributed by atoms with Crippen LogP contribution in [-0.2, 0) is 6.42 Å². The number of phenols is 1. The standard InChI is InChI=1S/C21H17NO3S/c1-2-6-14-9-15-10-16(21(24)25-19(15)11-18(14)23)17-12-26-20(22-17)13-7-4-3-5-8-13/h3-5,7-12,23H,2,6H2,1H3. The highest BCUT2D eigenvalue weighted by atomic mass is 32.1. The lowest BCUT2D eigenvalue weighted by molar-refractivity contribution is 0.465. The van der Waals surface area contributed by atoms with Gasteiger partial charge in [0.15, 0.2) is 0 Å². The van der Waals surface area contributed by atoms with Crippen molar-refractivity contribution in [3.05, 3.63) is 69.9 Å². The minimum Gasteiger partial charge on any atom is -0.508 e. The van der Waals surface area contributed by atoms with Crippen molar-refractivity contribution in [3.8, 4) is 27.6 Å². The summed E-state index contributed by atoms with van der Waals surface area (Å²) in [5, 5.41) is 13.6. The predicted molar refractivity (Wildman–Crippen MR) is 105 cm³/mol. The van der Waals surface area contributed by atoms with E-state index in [-0.39, 0.29) is 5.75 Å². The molecule has 0 atom stereocenters. The molecule has 0 aliphatic heterocycles. The molecule has 0 bridgehead atoms. The van der Waals surface area contributed by atoms with Crippen molar-refractivity contribution in [3.63, 3.8) is 0 Å². The van der Waals surface area contributed by atoms with E-state index in [0.717, 1.165) is 34.4 Å². The number of hydrogen-bond donors (Lipinski definition) is 1. The molecule has 0 saturated heterocycles. The molecule has 4 aromatic rings. The molecule has 130 valence electrons. The van der Waals surface area contributed by atoms with Gasteiger partial charge in [-0.1, -0.05) is 43.7 Å². The van der Waals surface area contributed by atoms with Gasteiger partial charge < -0.3 is 9.52 Å². The molecule has 0 fully saturated rings. The van der Waals surface area contributed by atoms with E-state index in [9.17, 15) is 9.90 Å². The summed E-state index contributed by atoms with van der Waals surface area (Å²) < 4.78 is 5.43. The summed E-state index contributed by atoms with van der Waals surface area (Å²) >= 11 is 1.49. The maximum atomic E-state index is 12.4. The second-order valence-electron chi connectivity index (χ2n) is 6.12. The van der Waals surface area contributed by atoms with E-state index in [0.29, 0.717) is 16.8 Å². The van der Waals surface area contributed by atoms with Gasteiger partial charge in [0, 0.05) is 22.4 Å². The minimum absolute atomic E-state index is 0.162. The van der Waals surface area contributed by atoms with Gasteiger partial charge in [0.1, 0.15) is 16.3 Å². The number of rotatable bonds is 4. The van der Waals surface area contributed by atoms with E-state index in [1.54, 1.807) is 6.07 Å². The zero-order chi connectivity index (χ0) is 18.1. The van der Waals surface area contributed by atoms with Crippen molar-refractivity contribution in [1.29, 1.82) is 0 Å². The predicted octanol–water partition coefficient (Wildman–Crippen LogP) is 5.24. The van der Waals surface area contributed by atoms with Crippen molar-refractivity contribution in [1.82, 2.24) is 4.98 Å². The Balaban J connectivity index is 1.81. The summed E-state index contributed by atoms with van der Waals surface area (Å²) in [7, 11) is 0. The SMILES string of the molecule is CCCc1cc2cc(-c3csc(-c4ccccc4)n3)c(=O)oc2cc1O. The third kappa shape index (κ3) is 3.02. The molecule has 26 heavy (non-hydrogen) atoms. The molecule has 2 heterocycles. The molecule has 0 amide bonds. The fourth-order valence-electron chi connectivity index (χ4n) is 2.96. The number of aromatic hydroxyl groups is 1. The van der Waals surface area contributed by atoms with E-state index >= 15 is 0 Å². The first-order valence-electron chi connectivity index (χ1n) is 8.47. The number of fused-ring (bicyclic) bond motifs is 1. The third-order valence-electron chi connectivity index (χ3n) is 4.25. The van der Waals surface area contributed by atoms with Crippen LogP contribution in [-0.4, -0.2) is 10.1 Å². The number of benzene rings is 2. The lowest BCUT2D eigenvalue weighted by atomic mass is 10.0. The lowest BCUT2D eigenvalue weighted by Crippen LogP contribution is -2.03. The van der Waals surface area contributed by atoms with Crippen LogP contribution < -0.4 is 5.63 Å². The molecule has 0 unspecified atom stereocenters. The van der Waals surface area contributed by atoms with Gasteiger partial charge in [-0.25, -0.2) is 9.78 Å². The van der Waals surface area contributed by atoms with Crippen LogP contribution >= 0.6 is 11.3 Å². The highest BCUT2D eigenvalue weighted by Crippen LogP contribution is 2.30. The highest BCUT2D eigenvalue weighted by Gasteiger charge is 2.14. The van der Waals surface area contributed by atoms with Crippen LogP contribution in [0.1, 0.15) is 18.9 Å². The van der Waals surface area contributed by atoms with Crippen molar-refractivity contribution in [2.24, 2.45) is 0 Å². The summed E-state index contributed by atoms with van der Waals surface area (Å²) in [6, 6.07) is 15.1. The molecule has 4 nitrogen and oxygen atoms in total. The van der Waals surface area contributed by atoms with E-state index in [1.807, 2.05) is 41.8 Å². The van der Waals surface area contributed by atoms with Crippen LogP contribution in [0.4, 0.5) is 0 Å². The third-order valence-corrected chi connectivity index (χ3v) is 5.15. The smallest absolute Gasteiger partial charge is 0.345 e. The van der Waals surface area contributed by atoms with Gasteiger partial charge in [0.05, 0.1) is 11.3 Å². The first-order chi connectivity index (χ1) is 12.7. The van der Waals surface area contributed by atoms with Gasteiger partial charge in [-0.15, -0.1) is 11.3 Å². The van der Waals surface area contributed by atoms with Gasteiger partial charge in [-0.2, -0.15) is 0 Å². The summed E-state index contributed by atoms with van der Waals surface area (Å²) in [6.07, 6.45) is 1.69. The molecule has 0 aliphatic carbocycles. The van der Waals surface area contributed by atoms with Crippen LogP contribution in [0.15, 0.2) is 63.1 Å². The molecular formula is C21H17NO3S. The van der Waals surface area contributed by atoms with Gasteiger partial charge in [-0.05, 0) is 24.1 Å². The minimum atomic E-state index is -0.454. The zero-order valence-corrected chi connectivity index (χ0v) is 15.0. The molecule has 2 aromatic heterocycles. The maximum Gasteiger partial charge on any atom is 0.345 e. The number of aromatic nitrogens is 1. The van der Waals surface area contributed by atoms with Crippen molar-refractivity contribution in [2.75, 3.05) is 0 Å². The quantitative estimate of drug-likeness (QED) is 0.504. The molecular weight excluding hydrogens is 346 g/mol. The van der Waals surface area contributed by atoms with Crippen LogP contribution in [0.2, 0.25) is 0 Å². The number of phenolic OH excluding ortho intramolecular Hbond substituents is 1. The Morgan fingerprint density at radius 1 is 1.15 bits per heavy atom. The molecule has 4 rings (SSSR count). The van der Waals surface area contributed by atoms with Gasteiger partial charge >= 0.3 is 5.63 Å². The van der Waals surface area contributed by atoms with Gasteiger partial charge in [0.2, 0.25) is 0 Å². The monoisotopic (exact) mass is 363 g/mol. The van der Waals surface area contributed by atoms with Crippen LogP contribution in [0.25, 0.3) is 32.8 Å². The lowest BCUT2D eigenvalue weighted by Gasteiger charge is -2.06. The molecule has 0 radical (unpaired) electrons. The summed E-state index contributed by atoms with van der Waals surface area (Å²) in [5.74, 6) is 0.162. The Morgan fingerprint density at radius 3 is 2.73 bits per heavy atom. The largest absolute Gasteiger partial charge is 0.508 e. The normalized spacial score (nSPS) is 11.1. The van der Waals surface area contributed by atoms with Crippen molar-refractivity contribution >= 4 is 22.3 Å². The molecule has 2 aromatic carbocycles. The maximum absolute atomic E-state index is 12.4. The molecule has 0 spiro atoms. The zero-order valence-electron chi connectivity index (χ0n) is 14.2. The molecule has 5 heteroatoms. The molecule has 0 saturated carbocycles. The summed E-state index contributed by atoms with van der Waals surface area (Å²) in [6.45, 7) is 2.06. The van der Waals surface area contributed by atoms with Gasteiger partial charge in [-0.3, -0.25) is 0 Å². The van der Waals surface area contributed by atoms with Crippen LogP contribution in [0.5, 0.6) is 5.75 Å². The van der Waals surface area contributed by atoms with Crippen LogP contribution in [0.3, 0.4) is 0 Å². The fourth-order valence-corrected chi connectivity index (χ4v) is 3.79. The average Bonchev–Trinajstić information content (AvgIpc) is 3.13. The van der Waals surface area contributed by atoms with Crippen molar-refractivity contribution in [2.45, 2.75) is 19.8 Å². The van der Waals surface area contributed by atoms with Crippen molar-refractivity contribution < 1.29 is 9.52 Å². The Kier molecular flexibility index (Phi) is 4.31. The second-order valence-corrected chi connectivity index (χ2v) is 6.98. The molecule has 1 N–H and O–H groups in total. The first kappa shape index (κ1) is 16.5. The van der Waals surface area contributed by atoms with E-state index < -0.39 is 5.63 Å². The van der Waals surface area contributed by atoms with E-state index in [2.05, 4.69) is 11.9 Å². The Labute approximate surface area is 154 Å². The average molecular weight is 363 g/mol. The van der Waals surface area contributed by atoms with E-state index in [1.165, 1.54) is 17.4 Å². The molecule has 0 aliphatic rings. The Hall–Kier alpha value is -2.92. The highest BCUT2D eigenvalue weighted by molar-refractivity contribution is 7.13. The topological polar surface area (TPSA) is 63.3 Å². The Bertz CT molecular complexity index is 1130. The number of nitrogens with zero attached hydrogens (tertiary/aromatic N) is 1. The second kappa shape index (κ2) is 6.77. The summed E-state index contributed by atoms with van der Waals surface area (Å²) in [4.78, 5) is 17.0.